The van der Waals surface area contributed by atoms with Gasteiger partial charge in [0.15, 0.2) is 6.10 Å². The molecule has 0 aliphatic heterocycles. The minimum Gasteiger partial charge on any atom is -0.462 e. The molecule has 0 radical (unpaired) electrons. The summed E-state index contributed by atoms with van der Waals surface area (Å²) in [6.07, 6.45) is 88.9. The number of allylic oxidation sites excluding steroid dienone is 14. The quantitative estimate of drug-likeness (QED) is 0.0261. The zero-order valence-electron chi connectivity index (χ0n) is 52.4. The van der Waals surface area contributed by atoms with Gasteiger partial charge in [0.05, 0.1) is 0 Å². The highest BCUT2D eigenvalue weighted by Crippen LogP contribution is 2.17. The number of rotatable bonds is 62. The molecule has 0 spiro atoms. The van der Waals surface area contributed by atoms with E-state index in [0.29, 0.717) is 19.3 Å². The van der Waals surface area contributed by atoms with E-state index in [2.05, 4.69) is 106 Å². The average molecular weight is 1100 g/mol. The highest BCUT2D eigenvalue weighted by atomic mass is 16.6. The molecule has 1 atom stereocenters. The van der Waals surface area contributed by atoms with Gasteiger partial charge in [0.25, 0.3) is 0 Å². The summed E-state index contributed by atoms with van der Waals surface area (Å²) in [4.78, 5) is 38.4. The molecular weight excluding hydrogens is 973 g/mol. The Morgan fingerprint density at radius 3 is 0.835 bits per heavy atom. The largest absolute Gasteiger partial charge is 0.462 e. The first-order valence-corrected chi connectivity index (χ1v) is 34.1. The molecule has 0 aromatic carbocycles. The molecule has 0 aromatic heterocycles. The molecule has 0 rings (SSSR count). The number of unbranched alkanes of at least 4 members (excludes halogenated alkanes) is 37. The predicted molar refractivity (Wildman–Crippen MR) is 344 cm³/mol. The van der Waals surface area contributed by atoms with Crippen LogP contribution in [-0.2, 0) is 28.6 Å². The molecule has 0 aliphatic carbocycles. The zero-order valence-corrected chi connectivity index (χ0v) is 52.4. The number of carbonyl (C=O) groups is 3. The van der Waals surface area contributed by atoms with Crippen LogP contribution in [0.5, 0.6) is 0 Å². The molecule has 79 heavy (non-hydrogen) atoms. The molecular formula is C73H128O6. The molecule has 0 heterocycles. The normalized spacial score (nSPS) is 12.6. The SMILES string of the molecule is CC/C=C\C/C=C\C/C=C\C/C=C\CCCCCCCCCCC(=O)OC(COC(=O)CCCCCCC/C=C\C/C=C\CCC)COC(=O)CCCCCCCCCCCCCCCCC/C=C\CCCCCCCCCC. The van der Waals surface area contributed by atoms with Crippen molar-refractivity contribution in [3.63, 3.8) is 0 Å². The number of esters is 3. The van der Waals surface area contributed by atoms with Gasteiger partial charge in [-0.2, -0.15) is 0 Å². The van der Waals surface area contributed by atoms with Crippen molar-refractivity contribution in [3.05, 3.63) is 85.1 Å². The van der Waals surface area contributed by atoms with Crippen LogP contribution in [0.4, 0.5) is 0 Å². The highest BCUT2D eigenvalue weighted by Gasteiger charge is 2.19. The molecule has 0 aliphatic rings. The molecule has 6 nitrogen and oxygen atoms in total. The van der Waals surface area contributed by atoms with Gasteiger partial charge in [-0.05, 0) is 109 Å². The van der Waals surface area contributed by atoms with Crippen LogP contribution in [0.15, 0.2) is 85.1 Å². The van der Waals surface area contributed by atoms with E-state index in [9.17, 15) is 14.4 Å². The van der Waals surface area contributed by atoms with Crippen molar-refractivity contribution in [2.75, 3.05) is 13.2 Å². The molecule has 6 heteroatoms. The van der Waals surface area contributed by atoms with Crippen LogP contribution in [0, 0.1) is 0 Å². The van der Waals surface area contributed by atoms with Crippen molar-refractivity contribution in [1.82, 2.24) is 0 Å². The van der Waals surface area contributed by atoms with Crippen molar-refractivity contribution < 1.29 is 28.6 Å². The second kappa shape index (κ2) is 67.1. The van der Waals surface area contributed by atoms with E-state index in [1.54, 1.807) is 0 Å². The monoisotopic (exact) mass is 1100 g/mol. The lowest BCUT2D eigenvalue weighted by atomic mass is 10.0. The molecule has 0 bridgehead atoms. The van der Waals surface area contributed by atoms with Crippen molar-refractivity contribution >= 4 is 17.9 Å². The minimum absolute atomic E-state index is 0.0824. The van der Waals surface area contributed by atoms with Crippen LogP contribution in [0.2, 0.25) is 0 Å². The molecule has 0 N–H and O–H groups in total. The van der Waals surface area contributed by atoms with Crippen LogP contribution in [0.1, 0.15) is 342 Å². The molecule has 1 unspecified atom stereocenters. The first-order valence-electron chi connectivity index (χ1n) is 34.1. The Balaban J connectivity index is 4.27. The second-order valence-corrected chi connectivity index (χ2v) is 22.7. The Bertz CT molecular complexity index is 1500. The predicted octanol–water partition coefficient (Wildman–Crippen LogP) is 23.4. The van der Waals surface area contributed by atoms with Gasteiger partial charge < -0.3 is 14.2 Å². The summed E-state index contributed by atoms with van der Waals surface area (Å²) in [5.74, 6) is -0.891. The fourth-order valence-electron chi connectivity index (χ4n) is 9.76. The zero-order chi connectivity index (χ0) is 57.1. The van der Waals surface area contributed by atoms with Gasteiger partial charge in [0.2, 0.25) is 0 Å². The summed E-state index contributed by atoms with van der Waals surface area (Å²) >= 11 is 0. The van der Waals surface area contributed by atoms with E-state index in [1.165, 1.54) is 180 Å². The van der Waals surface area contributed by atoms with Crippen molar-refractivity contribution in [2.24, 2.45) is 0 Å². The maximum Gasteiger partial charge on any atom is 0.306 e. The lowest BCUT2D eigenvalue weighted by molar-refractivity contribution is -0.167. The third-order valence-corrected chi connectivity index (χ3v) is 14.8. The van der Waals surface area contributed by atoms with Gasteiger partial charge in [-0.3, -0.25) is 14.4 Å². The molecule has 456 valence electrons. The Kier molecular flexibility index (Phi) is 64.2. The van der Waals surface area contributed by atoms with Gasteiger partial charge >= 0.3 is 17.9 Å². The summed E-state index contributed by atoms with van der Waals surface area (Å²) in [5, 5.41) is 0. The number of hydrogen-bond acceptors (Lipinski definition) is 6. The van der Waals surface area contributed by atoms with Crippen LogP contribution < -0.4 is 0 Å². The molecule has 0 saturated carbocycles. The van der Waals surface area contributed by atoms with Gasteiger partial charge in [0, 0.05) is 19.3 Å². The van der Waals surface area contributed by atoms with Gasteiger partial charge in [-0.1, -0.05) is 298 Å². The van der Waals surface area contributed by atoms with Crippen molar-refractivity contribution in [3.8, 4) is 0 Å². The summed E-state index contributed by atoms with van der Waals surface area (Å²) in [7, 11) is 0. The average Bonchev–Trinajstić information content (AvgIpc) is 3.45. The van der Waals surface area contributed by atoms with E-state index in [-0.39, 0.29) is 31.1 Å². The van der Waals surface area contributed by atoms with Crippen LogP contribution in [-0.4, -0.2) is 37.2 Å². The second-order valence-electron chi connectivity index (χ2n) is 22.7. The topological polar surface area (TPSA) is 78.9 Å². The standard InChI is InChI=1S/C73H128O6/c1-4-7-10-13-16-19-22-25-27-29-31-33-34-35-36-37-38-40-41-43-45-48-51-54-57-60-63-66-72(75)78-69-70(68-77-71(74)65-62-59-56-53-50-47-24-21-18-15-12-9-6-3)79-73(76)67-64-61-58-55-52-49-46-44-42-39-32-30-28-26-23-20-17-14-11-8-5-2/h8,11-12,15,17,20-21,24,26,28-29,31-32,39,70H,4-7,9-10,13-14,16,18-19,22-23,25,27,30,33-38,40-69H2,1-3H3/b11-8-,15-12-,20-17-,24-21-,28-26-,31-29-,39-32-. The fraction of sp³-hybridized carbons (Fsp3) is 0.767. The minimum atomic E-state index is -0.788. The van der Waals surface area contributed by atoms with Crippen LogP contribution in [0.3, 0.4) is 0 Å². The Hall–Kier alpha value is -3.41. The Labute approximate surface area is 490 Å². The number of hydrogen-bond donors (Lipinski definition) is 0. The van der Waals surface area contributed by atoms with E-state index in [1.807, 2.05) is 0 Å². The fourth-order valence-corrected chi connectivity index (χ4v) is 9.76. The van der Waals surface area contributed by atoms with Gasteiger partial charge in [-0.25, -0.2) is 0 Å². The maximum atomic E-state index is 12.9. The van der Waals surface area contributed by atoms with Crippen molar-refractivity contribution in [2.45, 2.75) is 348 Å². The van der Waals surface area contributed by atoms with Crippen LogP contribution >= 0.6 is 0 Å². The Morgan fingerprint density at radius 2 is 0.519 bits per heavy atom. The summed E-state index contributed by atoms with van der Waals surface area (Å²) in [5.41, 5.74) is 0. The number of carbonyl (C=O) groups excluding carboxylic acids is 3. The first kappa shape index (κ1) is 75.6. The third kappa shape index (κ3) is 65.3. The smallest absolute Gasteiger partial charge is 0.306 e. The molecule has 0 fully saturated rings. The Morgan fingerprint density at radius 1 is 0.266 bits per heavy atom. The van der Waals surface area contributed by atoms with Gasteiger partial charge in [-0.15, -0.1) is 0 Å². The van der Waals surface area contributed by atoms with Crippen molar-refractivity contribution in [1.29, 1.82) is 0 Å². The summed E-state index contributed by atoms with van der Waals surface area (Å²) in [6, 6.07) is 0. The lowest BCUT2D eigenvalue weighted by Crippen LogP contribution is -2.30. The molecule has 0 amide bonds. The van der Waals surface area contributed by atoms with E-state index >= 15 is 0 Å². The van der Waals surface area contributed by atoms with E-state index in [4.69, 9.17) is 14.2 Å². The number of ether oxygens (including phenoxy) is 3. The lowest BCUT2D eigenvalue weighted by Gasteiger charge is -2.18. The maximum absolute atomic E-state index is 12.9. The first-order chi connectivity index (χ1) is 39.0. The van der Waals surface area contributed by atoms with Gasteiger partial charge in [0.1, 0.15) is 13.2 Å². The van der Waals surface area contributed by atoms with E-state index in [0.717, 1.165) is 122 Å². The summed E-state index contributed by atoms with van der Waals surface area (Å²) < 4.78 is 16.9. The van der Waals surface area contributed by atoms with Crippen LogP contribution in [0.25, 0.3) is 0 Å². The third-order valence-electron chi connectivity index (χ3n) is 14.8. The summed E-state index contributed by atoms with van der Waals surface area (Å²) in [6.45, 7) is 6.48. The van der Waals surface area contributed by atoms with E-state index < -0.39 is 6.10 Å². The highest BCUT2D eigenvalue weighted by molar-refractivity contribution is 5.71. The molecule has 0 aromatic rings. The molecule has 0 saturated heterocycles.